The van der Waals surface area contributed by atoms with E-state index in [2.05, 4.69) is 18.3 Å². The van der Waals surface area contributed by atoms with Crippen molar-refractivity contribution in [2.24, 2.45) is 5.92 Å². The summed E-state index contributed by atoms with van der Waals surface area (Å²) in [7, 11) is 0. The molecule has 0 radical (unpaired) electrons. The average Bonchev–Trinajstić information content (AvgIpc) is 2.83. The third kappa shape index (κ3) is 2.96. The van der Waals surface area contributed by atoms with Crippen molar-refractivity contribution in [1.29, 1.82) is 0 Å². The lowest BCUT2D eigenvalue weighted by molar-refractivity contribution is 0.390. The van der Waals surface area contributed by atoms with Gasteiger partial charge in [-0.2, -0.15) is 0 Å². The molecule has 3 heteroatoms. The summed E-state index contributed by atoms with van der Waals surface area (Å²) < 4.78 is 0.894. The van der Waals surface area contributed by atoms with Crippen LogP contribution in [-0.2, 0) is 6.54 Å². The predicted octanol–water partition coefficient (Wildman–Crippen LogP) is 4.07. The van der Waals surface area contributed by atoms with E-state index < -0.39 is 0 Å². The minimum atomic E-state index is 0.732. The molecule has 1 saturated carbocycles. The molecule has 84 valence electrons. The molecule has 2 rings (SSSR count). The first-order valence-electron chi connectivity index (χ1n) is 5.77. The van der Waals surface area contributed by atoms with Crippen LogP contribution in [0.25, 0.3) is 0 Å². The minimum Gasteiger partial charge on any atom is -0.309 e. The van der Waals surface area contributed by atoms with Gasteiger partial charge in [0.25, 0.3) is 0 Å². The van der Waals surface area contributed by atoms with Crippen molar-refractivity contribution in [3.05, 3.63) is 21.3 Å². The van der Waals surface area contributed by atoms with E-state index >= 15 is 0 Å². The van der Waals surface area contributed by atoms with Gasteiger partial charge in [0.2, 0.25) is 0 Å². The fraction of sp³-hybridized carbons (Fsp3) is 0.667. The number of rotatable bonds is 4. The molecule has 0 bridgehead atoms. The number of nitrogens with one attached hydrogen (secondary N) is 1. The molecule has 0 aromatic carbocycles. The first-order chi connectivity index (χ1) is 7.29. The minimum absolute atomic E-state index is 0.732. The molecule has 1 aromatic rings. The lowest BCUT2D eigenvalue weighted by Crippen LogP contribution is -2.31. The summed E-state index contributed by atoms with van der Waals surface area (Å²) in [6, 6.07) is 4.83. The molecule has 2 atom stereocenters. The topological polar surface area (TPSA) is 12.0 Å². The van der Waals surface area contributed by atoms with Gasteiger partial charge in [-0.3, -0.25) is 0 Å². The fourth-order valence-electron chi connectivity index (χ4n) is 2.47. The summed E-state index contributed by atoms with van der Waals surface area (Å²) in [6.45, 7) is 3.28. The van der Waals surface area contributed by atoms with Crippen molar-refractivity contribution in [3.63, 3.8) is 0 Å². The van der Waals surface area contributed by atoms with Gasteiger partial charge < -0.3 is 5.32 Å². The molecule has 0 saturated heterocycles. The van der Waals surface area contributed by atoms with E-state index in [0.717, 1.165) is 22.8 Å². The van der Waals surface area contributed by atoms with Crippen molar-refractivity contribution in [2.45, 2.75) is 45.2 Å². The Balaban J connectivity index is 1.82. The van der Waals surface area contributed by atoms with Crippen LogP contribution in [0, 0.1) is 5.92 Å². The largest absolute Gasteiger partial charge is 0.309 e. The van der Waals surface area contributed by atoms with Crippen LogP contribution in [0.15, 0.2) is 12.1 Å². The molecular formula is C12H18ClNS. The molecule has 1 nitrogen and oxygen atoms in total. The summed E-state index contributed by atoms with van der Waals surface area (Å²) in [5, 5.41) is 3.66. The normalized spacial score (nSPS) is 26.0. The Morgan fingerprint density at radius 2 is 2.33 bits per heavy atom. The monoisotopic (exact) mass is 243 g/mol. The number of hydrogen-bond acceptors (Lipinski definition) is 2. The van der Waals surface area contributed by atoms with Crippen LogP contribution in [-0.4, -0.2) is 6.04 Å². The summed E-state index contributed by atoms with van der Waals surface area (Å²) >= 11 is 7.59. The Kier molecular flexibility index (Phi) is 4.06. The highest BCUT2D eigenvalue weighted by Crippen LogP contribution is 2.29. The molecule has 1 aromatic heterocycles. The second-order valence-electron chi connectivity index (χ2n) is 4.29. The van der Waals surface area contributed by atoms with Crippen LogP contribution in [0.3, 0.4) is 0 Å². The molecule has 1 N–H and O–H groups in total. The summed E-state index contributed by atoms with van der Waals surface area (Å²) in [4.78, 5) is 1.35. The van der Waals surface area contributed by atoms with Gasteiger partial charge in [0, 0.05) is 17.5 Å². The standard InChI is InChI=1S/C12H18ClNS/c1-2-9-4-3-5-11(9)14-8-10-6-7-12(13)15-10/h6-7,9,11,14H,2-5,8H2,1H3. The highest BCUT2D eigenvalue weighted by Gasteiger charge is 2.24. The van der Waals surface area contributed by atoms with Crippen molar-refractivity contribution in [2.75, 3.05) is 0 Å². The highest BCUT2D eigenvalue weighted by molar-refractivity contribution is 7.16. The van der Waals surface area contributed by atoms with E-state index in [1.54, 1.807) is 11.3 Å². The molecule has 0 aliphatic heterocycles. The Morgan fingerprint density at radius 3 is 3.00 bits per heavy atom. The Hall–Kier alpha value is -0.0500. The SMILES string of the molecule is CCC1CCCC1NCc1ccc(Cl)s1. The zero-order chi connectivity index (χ0) is 10.7. The Bertz CT molecular complexity index is 310. The fourth-order valence-corrected chi connectivity index (χ4v) is 3.51. The van der Waals surface area contributed by atoms with Crippen molar-refractivity contribution in [3.8, 4) is 0 Å². The van der Waals surface area contributed by atoms with Crippen molar-refractivity contribution < 1.29 is 0 Å². The van der Waals surface area contributed by atoms with Gasteiger partial charge in [-0.05, 0) is 30.9 Å². The van der Waals surface area contributed by atoms with Crippen molar-refractivity contribution >= 4 is 22.9 Å². The van der Waals surface area contributed by atoms with Gasteiger partial charge in [-0.1, -0.05) is 31.4 Å². The average molecular weight is 244 g/mol. The van der Waals surface area contributed by atoms with Gasteiger partial charge in [0.15, 0.2) is 0 Å². The molecule has 0 amide bonds. The predicted molar refractivity (Wildman–Crippen MR) is 67.6 cm³/mol. The molecule has 1 aliphatic rings. The maximum atomic E-state index is 5.90. The third-order valence-corrected chi connectivity index (χ3v) is 4.58. The summed E-state index contributed by atoms with van der Waals surface area (Å²) in [5.74, 6) is 0.889. The van der Waals surface area contributed by atoms with Crippen LogP contribution in [0.1, 0.15) is 37.5 Å². The number of thiophene rings is 1. The molecule has 1 heterocycles. The van der Waals surface area contributed by atoms with E-state index in [0.29, 0.717) is 0 Å². The van der Waals surface area contributed by atoms with Gasteiger partial charge in [0.1, 0.15) is 0 Å². The first kappa shape index (κ1) is 11.4. The number of halogens is 1. The summed E-state index contributed by atoms with van der Waals surface area (Å²) in [5.41, 5.74) is 0. The van der Waals surface area contributed by atoms with E-state index in [1.807, 2.05) is 6.07 Å². The van der Waals surface area contributed by atoms with Crippen LogP contribution in [0.2, 0.25) is 4.34 Å². The quantitative estimate of drug-likeness (QED) is 0.841. The van der Waals surface area contributed by atoms with Gasteiger partial charge in [0.05, 0.1) is 4.34 Å². The second-order valence-corrected chi connectivity index (χ2v) is 6.09. The third-order valence-electron chi connectivity index (χ3n) is 3.35. The lowest BCUT2D eigenvalue weighted by atomic mass is 10.0. The summed E-state index contributed by atoms with van der Waals surface area (Å²) in [6.07, 6.45) is 5.45. The van der Waals surface area contributed by atoms with E-state index in [4.69, 9.17) is 11.6 Å². The molecular weight excluding hydrogens is 226 g/mol. The molecule has 15 heavy (non-hydrogen) atoms. The first-order valence-corrected chi connectivity index (χ1v) is 6.96. The van der Waals surface area contributed by atoms with E-state index in [1.165, 1.54) is 30.6 Å². The van der Waals surface area contributed by atoms with Gasteiger partial charge >= 0.3 is 0 Å². The zero-order valence-electron chi connectivity index (χ0n) is 9.13. The van der Waals surface area contributed by atoms with Crippen LogP contribution in [0.5, 0.6) is 0 Å². The van der Waals surface area contributed by atoms with E-state index in [9.17, 15) is 0 Å². The molecule has 1 fully saturated rings. The van der Waals surface area contributed by atoms with Gasteiger partial charge in [-0.25, -0.2) is 0 Å². The highest BCUT2D eigenvalue weighted by atomic mass is 35.5. The lowest BCUT2D eigenvalue weighted by Gasteiger charge is -2.19. The molecule has 1 aliphatic carbocycles. The smallest absolute Gasteiger partial charge is 0.0931 e. The Morgan fingerprint density at radius 1 is 1.47 bits per heavy atom. The zero-order valence-corrected chi connectivity index (χ0v) is 10.7. The molecule has 0 spiro atoms. The maximum Gasteiger partial charge on any atom is 0.0931 e. The Labute approximate surface area is 101 Å². The van der Waals surface area contributed by atoms with Crippen LogP contribution >= 0.6 is 22.9 Å². The van der Waals surface area contributed by atoms with Crippen molar-refractivity contribution in [1.82, 2.24) is 5.32 Å². The molecule has 2 unspecified atom stereocenters. The second kappa shape index (κ2) is 5.33. The van der Waals surface area contributed by atoms with Crippen LogP contribution < -0.4 is 5.32 Å². The number of hydrogen-bond donors (Lipinski definition) is 1. The van der Waals surface area contributed by atoms with E-state index in [-0.39, 0.29) is 0 Å². The van der Waals surface area contributed by atoms with Crippen LogP contribution in [0.4, 0.5) is 0 Å². The maximum absolute atomic E-state index is 5.90. The van der Waals surface area contributed by atoms with Gasteiger partial charge in [-0.15, -0.1) is 11.3 Å².